The highest BCUT2D eigenvalue weighted by Crippen LogP contribution is 2.26. The average Bonchev–Trinajstić information content (AvgIpc) is 2.90. The second-order valence-corrected chi connectivity index (χ2v) is 10.2. The molecule has 0 radical (unpaired) electrons. The summed E-state index contributed by atoms with van der Waals surface area (Å²) in [5.41, 5.74) is 0.608. The van der Waals surface area contributed by atoms with Gasteiger partial charge in [-0.05, 0) is 68.3 Å². The summed E-state index contributed by atoms with van der Waals surface area (Å²) < 4.78 is 34.2. The van der Waals surface area contributed by atoms with Crippen molar-refractivity contribution >= 4 is 29.4 Å². The smallest absolute Gasteiger partial charge is 0.407 e. The summed E-state index contributed by atoms with van der Waals surface area (Å²) >= 11 is 6.13. The van der Waals surface area contributed by atoms with Crippen LogP contribution in [0.3, 0.4) is 0 Å². The number of alkyl carbamates (subject to hydrolysis) is 1. The zero-order valence-corrected chi connectivity index (χ0v) is 23.0. The SMILES string of the molecule is CC(C)(C)OC(=O)NCc1ccc(Cl)cc1CNC(=O)Cc1nc(NCC(F)(F)c2ccccn2)ccc1C#N. The zero-order chi connectivity index (χ0) is 29.3. The van der Waals surface area contributed by atoms with Crippen molar-refractivity contribution in [2.75, 3.05) is 11.9 Å². The fraction of sp³-hybridized carbons (Fsp3) is 0.321. The van der Waals surface area contributed by atoms with Gasteiger partial charge in [-0.2, -0.15) is 14.0 Å². The lowest BCUT2D eigenvalue weighted by Gasteiger charge is -2.20. The Balaban J connectivity index is 1.63. The van der Waals surface area contributed by atoms with E-state index in [-0.39, 0.29) is 36.6 Å². The maximum atomic E-state index is 14.5. The minimum Gasteiger partial charge on any atom is -0.444 e. The van der Waals surface area contributed by atoms with Crippen LogP contribution >= 0.6 is 11.6 Å². The number of nitrogens with one attached hydrogen (secondary N) is 3. The lowest BCUT2D eigenvalue weighted by Crippen LogP contribution is -2.32. The Kier molecular flexibility index (Phi) is 9.96. The highest BCUT2D eigenvalue weighted by Gasteiger charge is 2.33. The lowest BCUT2D eigenvalue weighted by molar-refractivity contribution is -0.120. The number of alkyl halides is 2. The molecule has 0 aliphatic heterocycles. The fourth-order valence-corrected chi connectivity index (χ4v) is 3.72. The summed E-state index contributed by atoms with van der Waals surface area (Å²) in [4.78, 5) is 32.7. The van der Waals surface area contributed by atoms with Gasteiger partial charge in [0.05, 0.1) is 24.2 Å². The molecule has 40 heavy (non-hydrogen) atoms. The van der Waals surface area contributed by atoms with E-state index in [1.165, 1.54) is 30.5 Å². The van der Waals surface area contributed by atoms with E-state index in [1.807, 2.05) is 6.07 Å². The van der Waals surface area contributed by atoms with Gasteiger partial charge < -0.3 is 20.7 Å². The van der Waals surface area contributed by atoms with Crippen molar-refractivity contribution in [3.63, 3.8) is 0 Å². The van der Waals surface area contributed by atoms with Crippen LogP contribution in [-0.2, 0) is 35.0 Å². The molecular weight excluding hydrogens is 542 g/mol. The molecule has 0 spiro atoms. The normalized spacial score (nSPS) is 11.3. The first kappa shape index (κ1) is 30.2. The lowest BCUT2D eigenvalue weighted by atomic mass is 10.1. The minimum absolute atomic E-state index is 0.0842. The van der Waals surface area contributed by atoms with Gasteiger partial charge in [0.25, 0.3) is 0 Å². The van der Waals surface area contributed by atoms with E-state index in [4.69, 9.17) is 16.3 Å². The number of nitriles is 1. The number of hydrogen-bond acceptors (Lipinski definition) is 7. The highest BCUT2D eigenvalue weighted by molar-refractivity contribution is 6.30. The van der Waals surface area contributed by atoms with Crippen molar-refractivity contribution in [3.05, 3.63) is 87.8 Å². The third kappa shape index (κ3) is 9.17. The Morgan fingerprint density at radius 1 is 1.05 bits per heavy atom. The monoisotopic (exact) mass is 570 g/mol. The molecular formula is C28H29ClF2N6O3. The molecule has 0 saturated heterocycles. The summed E-state index contributed by atoms with van der Waals surface area (Å²) in [5, 5.41) is 17.9. The summed E-state index contributed by atoms with van der Waals surface area (Å²) in [7, 11) is 0. The molecule has 210 valence electrons. The Labute approximate surface area is 235 Å². The largest absolute Gasteiger partial charge is 0.444 e. The first-order valence-corrected chi connectivity index (χ1v) is 12.7. The molecule has 0 aliphatic carbocycles. The summed E-state index contributed by atoms with van der Waals surface area (Å²) in [6.07, 6.45) is 0.434. The molecule has 1 aromatic carbocycles. The number of carbonyl (C=O) groups is 2. The van der Waals surface area contributed by atoms with Crippen molar-refractivity contribution in [1.82, 2.24) is 20.6 Å². The average molecular weight is 571 g/mol. The summed E-state index contributed by atoms with van der Waals surface area (Å²) in [5.74, 6) is -3.63. The number of pyridine rings is 2. The predicted molar refractivity (Wildman–Crippen MR) is 146 cm³/mol. The van der Waals surface area contributed by atoms with E-state index in [0.717, 1.165) is 0 Å². The van der Waals surface area contributed by atoms with Crippen molar-refractivity contribution in [3.8, 4) is 6.07 Å². The molecule has 0 fully saturated rings. The molecule has 2 aromatic heterocycles. The summed E-state index contributed by atoms with van der Waals surface area (Å²) in [6.45, 7) is 4.72. The molecule has 3 rings (SSSR count). The second-order valence-electron chi connectivity index (χ2n) is 9.80. The minimum atomic E-state index is -3.26. The molecule has 0 aliphatic rings. The van der Waals surface area contributed by atoms with E-state index in [9.17, 15) is 23.6 Å². The van der Waals surface area contributed by atoms with Gasteiger partial charge in [-0.1, -0.05) is 23.7 Å². The van der Waals surface area contributed by atoms with Crippen LogP contribution in [0.4, 0.5) is 19.4 Å². The molecule has 0 saturated carbocycles. The topological polar surface area (TPSA) is 129 Å². The molecule has 2 heterocycles. The van der Waals surface area contributed by atoms with Crippen molar-refractivity contribution in [1.29, 1.82) is 5.26 Å². The Morgan fingerprint density at radius 2 is 1.80 bits per heavy atom. The highest BCUT2D eigenvalue weighted by atomic mass is 35.5. The zero-order valence-electron chi connectivity index (χ0n) is 22.2. The number of amides is 2. The number of halogens is 3. The number of hydrogen-bond donors (Lipinski definition) is 3. The third-order valence-electron chi connectivity index (χ3n) is 5.42. The van der Waals surface area contributed by atoms with Gasteiger partial charge in [0.1, 0.15) is 23.2 Å². The van der Waals surface area contributed by atoms with Crippen LogP contribution in [-0.4, -0.2) is 34.1 Å². The van der Waals surface area contributed by atoms with Gasteiger partial charge in [0.2, 0.25) is 5.91 Å². The number of benzene rings is 1. The van der Waals surface area contributed by atoms with Gasteiger partial charge in [-0.25, -0.2) is 9.78 Å². The number of carbonyl (C=O) groups excluding carboxylic acids is 2. The first-order valence-electron chi connectivity index (χ1n) is 12.3. The van der Waals surface area contributed by atoms with Gasteiger partial charge in [-0.3, -0.25) is 9.78 Å². The molecule has 3 N–H and O–H groups in total. The predicted octanol–water partition coefficient (Wildman–Crippen LogP) is 5.09. The molecule has 3 aromatic rings. The maximum Gasteiger partial charge on any atom is 0.407 e. The van der Waals surface area contributed by atoms with E-state index in [1.54, 1.807) is 45.0 Å². The van der Waals surface area contributed by atoms with Crippen LogP contribution in [0, 0.1) is 11.3 Å². The number of anilines is 1. The first-order chi connectivity index (χ1) is 18.9. The van der Waals surface area contributed by atoms with Gasteiger partial charge in [0, 0.05) is 24.3 Å². The van der Waals surface area contributed by atoms with E-state index < -0.39 is 35.8 Å². The van der Waals surface area contributed by atoms with Crippen LogP contribution in [0.15, 0.2) is 54.7 Å². The van der Waals surface area contributed by atoms with Crippen molar-refractivity contribution in [2.45, 2.75) is 51.8 Å². The van der Waals surface area contributed by atoms with E-state index in [0.29, 0.717) is 16.1 Å². The standard InChI is InChI=1S/C28H29ClF2N6O3/c1-27(2,3)40-26(39)35-15-19-7-9-21(29)12-20(19)16-34-25(38)13-22-18(14-32)8-10-24(37-22)36-17-28(30,31)23-6-4-5-11-33-23/h4-12H,13,15-17H2,1-3H3,(H,34,38)(H,35,39)(H,36,37). The Bertz CT molecular complexity index is 1390. The van der Waals surface area contributed by atoms with Crippen LogP contribution < -0.4 is 16.0 Å². The molecule has 2 amide bonds. The van der Waals surface area contributed by atoms with Gasteiger partial charge in [0.15, 0.2) is 0 Å². The van der Waals surface area contributed by atoms with Crippen molar-refractivity contribution in [2.24, 2.45) is 0 Å². The molecule has 0 atom stereocenters. The third-order valence-corrected chi connectivity index (χ3v) is 5.66. The van der Waals surface area contributed by atoms with Crippen LogP contribution in [0.1, 0.15) is 48.8 Å². The van der Waals surface area contributed by atoms with Gasteiger partial charge >= 0.3 is 12.0 Å². The number of rotatable bonds is 10. The Hall–Kier alpha value is -4.30. The fourth-order valence-electron chi connectivity index (χ4n) is 3.53. The molecule has 0 bridgehead atoms. The summed E-state index contributed by atoms with van der Waals surface area (Å²) in [6, 6.07) is 14.1. The second kappa shape index (κ2) is 13.2. The maximum absolute atomic E-state index is 14.5. The molecule has 0 unspecified atom stereocenters. The number of aromatic nitrogens is 2. The number of nitrogens with zero attached hydrogens (tertiary/aromatic N) is 3. The van der Waals surface area contributed by atoms with Gasteiger partial charge in [-0.15, -0.1) is 0 Å². The Morgan fingerprint density at radius 3 is 2.48 bits per heavy atom. The quantitative estimate of drug-likeness (QED) is 0.310. The molecule has 9 nitrogen and oxygen atoms in total. The molecule has 12 heteroatoms. The van der Waals surface area contributed by atoms with Crippen LogP contribution in [0.25, 0.3) is 0 Å². The number of ether oxygens (including phenoxy) is 1. The van der Waals surface area contributed by atoms with E-state index in [2.05, 4.69) is 25.9 Å². The van der Waals surface area contributed by atoms with Crippen molar-refractivity contribution < 1.29 is 23.1 Å². The van der Waals surface area contributed by atoms with Crippen LogP contribution in [0.5, 0.6) is 0 Å². The van der Waals surface area contributed by atoms with E-state index >= 15 is 0 Å². The van der Waals surface area contributed by atoms with Crippen LogP contribution in [0.2, 0.25) is 5.02 Å².